The van der Waals surface area contributed by atoms with Crippen molar-refractivity contribution in [1.82, 2.24) is 4.57 Å². The molecule has 10 rings (SSSR count). The van der Waals surface area contributed by atoms with E-state index in [9.17, 15) is 0 Å². The Kier molecular flexibility index (Phi) is 5.45. The Bertz CT molecular complexity index is 2640. The number of para-hydroxylation sites is 1. The maximum Gasteiger partial charge on any atom is 0.0552 e. The molecule has 0 N–H and O–H groups in total. The SMILES string of the molecule is c1cc(-c2ccc3c(c2)sc2ccccc23)cc(-n2c3ccccc3c3cc4c(cc32)Sc2ccccc2-c2ccccc2-4)c1. The second-order valence-electron chi connectivity index (χ2n) is 11.7. The normalized spacial score (nSPS) is 12.4. The zero-order valence-electron chi connectivity index (χ0n) is 24.2. The lowest BCUT2D eigenvalue weighted by Crippen LogP contribution is -1.95. The molecule has 45 heavy (non-hydrogen) atoms. The molecule has 0 aliphatic carbocycles. The van der Waals surface area contributed by atoms with Crippen LogP contribution in [0.1, 0.15) is 0 Å². The van der Waals surface area contributed by atoms with Crippen LogP contribution in [0.25, 0.3) is 81.0 Å². The van der Waals surface area contributed by atoms with E-state index in [4.69, 9.17) is 0 Å². The van der Waals surface area contributed by atoms with E-state index in [1.807, 2.05) is 23.1 Å². The molecule has 0 amide bonds. The highest BCUT2D eigenvalue weighted by atomic mass is 32.2. The lowest BCUT2D eigenvalue weighted by atomic mass is 9.94. The summed E-state index contributed by atoms with van der Waals surface area (Å²) in [6.07, 6.45) is 0. The predicted octanol–water partition coefficient (Wildman–Crippen LogP) is 12.6. The first-order chi connectivity index (χ1) is 22.3. The molecule has 2 aromatic heterocycles. The largest absolute Gasteiger partial charge is 0.309 e. The minimum atomic E-state index is 1.18. The average Bonchev–Trinajstić information content (AvgIpc) is 3.58. The maximum atomic E-state index is 2.45. The van der Waals surface area contributed by atoms with Crippen LogP contribution in [-0.2, 0) is 0 Å². The van der Waals surface area contributed by atoms with Gasteiger partial charge in [0.1, 0.15) is 0 Å². The topological polar surface area (TPSA) is 4.93 Å². The van der Waals surface area contributed by atoms with Gasteiger partial charge < -0.3 is 4.57 Å². The number of rotatable bonds is 2. The van der Waals surface area contributed by atoms with Gasteiger partial charge in [0.25, 0.3) is 0 Å². The summed E-state index contributed by atoms with van der Waals surface area (Å²) in [5.41, 5.74) is 11.3. The molecule has 0 spiro atoms. The van der Waals surface area contributed by atoms with Crippen LogP contribution in [-0.4, -0.2) is 4.57 Å². The van der Waals surface area contributed by atoms with Gasteiger partial charge in [0.15, 0.2) is 0 Å². The monoisotopic (exact) mass is 607 g/mol. The summed E-state index contributed by atoms with van der Waals surface area (Å²) in [7, 11) is 0. The molecule has 1 aliphatic rings. The van der Waals surface area contributed by atoms with Gasteiger partial charge in [-0.3, -0.25) is 0 Å². The zero-order valence-corrected chi connectivity index (χ0v) is 25.8. The first-order valence-electron chi connectivity index (χ1n) is 15.3. The Morgan fingerprint density at radius 2 is 1.09 bits per heavy atom. The van der Waals surface area contributed by atoms with Crippen molar-refractivity contribution in [3.63, 3.8) is 0 Å². The summed E-state index contributed by atoms with van der Waals surface area (Å²) < 4.78 is 5.12. The number of nitrogens with zero attached hydrogens (tertiary/aromatic N) is 1. The molecule has 210 valence electrons. The number of fused-ring (bicyclic) bond motifs is 11. The Labute approximate surface area is 269 Å². The van der Waals surface area contributed by atoms with Crippen molar-refractivity contribution >= 4 is 65.1 Å². The quantitative estimate of drug-likeness (QED) is 0.189. The fourth-order valence-corrected chi connectivity index (χ4v) is 9.41. The van der Waals surface area contributed by atoms with Gasteiger partial charge in [0.05, 0.1) is 11.0 Å². The zero-order chi connectivity index (χ0) is 29.5. The summed E-state index contributed by atoms with van der Waals surface area (Å²) in [5.74, 6) is 0. The number of hydrogen-bond acceptors (Lipinski definition) is 2. The van der Waals surface area contributed by atoms with Gasteiger partial charge in [0, 0.05) is 46.4 Å². The molecule has 3 heteroatoms. The van der Waals surface area contributed by atoms with Crippen LogP contribution in [0.15, 0.2) is 161 Å². The smallest absolute Gasteiger partial charge is 0.0552 e. The summed E-state index contributed by atoms with van der Waals surface area (Å²) in [5, 5.41) is 5.23. The van der Waals surface area contributed by atoms with Crippen LogP contribution < -0.4 is 0 Å². The first kappa shape index (κ1) is 25.3. The van der Waals surface area contributed by atoms with Crippen LogP contribution in [0.4, 0.5) is 0 Å². The molecule has 0 saturated carbocycles. The molecule has 7 aromatic carbocycles. The minimum absolute atomic E-state index is 1.18. The lowest BCUT2D eigenvalue weighted by molar-refractivity contribution is 1.17. The van der Waals surface area contributed by atoms with Gasteiger partial charge in [-0.15, -0.1) is 11.3 Å². The highest BCUT2D eigenvalue weighted by molar-refractivity contribution is 7.99. The Hall–Kier alpha value is -5.09. The van der Waals surface area contributed by atoms with E-state index < -0.39 is 0 Å². The molecule has 0 radical (unpaired) electrons. The molecule has 0 fully saturated rings. The summed E-state index contributed by atoms with van der Waals surface area (Å²) >= 11 is 3.75. The fraction of sp³-hybridized carbons (Fsp3) is 0. The molecule has 0 atom stereocenters. The number of hydrogen-bond donors (Lipinski definition) is 0. The first-order valence-corrected chi connectivity index (χ1v) is 16.9. The summed E-state index contributed by atoms with van der Waals surface area (Å²) in [6, 6.07) is 56.0. The summed E-state index contributed by atoms with van der Waals surface area (Å²) in [6.45, 7) is 0. The molecule has 0 bridgehead atoms. The third-order valence-electron chi connectivity index (χ3n) is 9.20. The molecule has 0 saturated heterocycles. The second-order valence-corrected chi connectivity index (χ2v) is 13.9. The lowest BCUT2D eigenvalue weighted by Gasteiger charge is -2.13. The Balaban J connectivity index is 1.19. The van der Waals surface area contributed by atoms with Gasteiger partial charge >= 0.3 is 0 Å². The molecule has 3 heterocycles. The van der Waals surface area contributed by atoms with Crippen molar-refractivity contribution in [3.05, 3.63) is 152 Å². The molecule has 9 aromatic rings. The Morgan fingerprint density at radius 1 is 0.378 bits per heavy atom. The minimum Gasteiger partial charge on any atom is -0.309 e. The van der Waals surface area contributed by atoms with Crippen molar-refractivity contribution in [1.29, 1.82) is 0 Å². The average molecular weight is 608 g/mol. The van der Waals surface area contributed by atoms with Crippen LogP contribution in [0.2, 0.25) is 0 Å². The predicted molar refractivity (Wildman–Crippen MR) is 194 cm³/mol. The van der Waals surface area contributed by atoms with E-state index >= 15 is 0 Å². The van der Waals surface area contributed by atoms with E-state index in [-0.39, 0.29) is 0 Å². The van der Waals surface area contributed by atoms with Gasteiger partial charge in [-0.1, -0.05) is 115 Å². The standard InChI is InChI=1S/C42H25NS2/c1-2-13-30-29(12-1)32-15-4-7-18-39(32)45-42-25-38-35(24-36(30)42)31-14-3-6-17-37(31)43(38)28-11-9-10-26(22-28)27-20-21-34-33-16-5-8-19-40(33)44-41(34)23-27/h1-25H. The third-order valence-corrected chi connectivity index (χ3v) is 11.5. The molecular weight excluding hydrogens is 583 g/mol. The number of aromatic nitrogens is 1. The van der Waals surface area contributed by atoms with Gasteiger partial charge in [-0.25, -0.2) is 0 Å². The molecule has 0 unspecified atom stereocenters. The van der Waals surface area contributed by atoms with E-state index in [2.05, 4.69) is 156 Å². The van der Waals surface area contributed by atoms with Crippen molar-refractivity contribution in [2.24, 2.45) is 0 Å². The molecule has 1 aliphatic heterocycles. The van der Waals surface area contributed by atoms with E-state index in [1.54, 1.807) is 0 Å². The fourth-order valence-electron chi connectivity index (χ4n) is 7.15. The van der Waals surface area contributed by atoms with Crippen LogP contribution in [0.5, 0.6) is 0 Å². The van der Waals surface area contributed by atoms with Crippen molar-refractivity contribution in [2.45, 2.75) is 9.79 Å². The van der Waals surface area contributed by atoms with Crippen LogP contribution >= 0.6 is 23.1 Å². The highest BCUT2D eigenvalue weighted by Gasteiger charge is 2.22. The second kappa shape index (κ2) is 9.70. The van der Waals surface area contributed by atoms with E-state index in [0.29, 0.717) is 0 Å². The molecule has 1 nitrogen and oxygen atoms in total. The van der Waals surface area contributed by atoms with E-state index in [1.165, 1.54) is 90.8 Å². The Morgan fingerprint density at radius 3 is 2.00 bits per heavy atom. The van der Waals surface area contributed by atoms with E-state index in [0.717, 1.165) is 0 Å². The third kappa shape index (κ3) is 3.81. The number of benzene rings is 7. The van der Waals surface area contributed by atoms with Crippen molar-refractivity contribution < 1.29 is 0 Å². The van der Waals surface area contributed by atoms with Crippen molar-refractivity contribution in [2.75, 3.05) is 0 Å². The number of thiophene rings is 1. The maximum absolute atomic E-state index is 2.45. The molecular formula is C42H25NS2. The van der Waals surface area contributed by atoms with Crippen LogP contribution in [0, 0.1) is 0 Å². The summed E-state index contributed by atoms with van der Waals surface area (Å²) in [4.78, 5) is 2.58. The van der Waals surface area contributed by atoms with Crippen molar-refractivity contribution in [3.8, 4) is 39.1 Å². The highest BCUT2D eigenvalue weighted by Crippen LogP contribution is 2.50. The van der Waals surface area contributed by atoms with Gasteiger partial charge in [-0.2, -0.15) is 0 Å². The van der Waals surface area contributed by atoms with Gasteiger partial charge in [-0.05, 0) is 81.9 Å². The van der Waals surface area contributed by atoms with Gasteiger partial charge in [0.2, 0.25) is 0 Å². The van der Waals surface area contributed by atoms with Crippen LogP contribution in [0.3, 0.4) is 0 Å².